The highest BCUT2D eigenvalue weighted by molar-refractivity contribution is 7.99. The summed E-state index contributed by atoms with van der Waals surface area (Å²) >= 11 is 1.29. The van der Waals surface area contributed by atoms with E-state index in [1.807, 2.05) is 53.1 Å². The Hall–Kier alpha value is -3.85. The fraction of sp³-hybridized carbons (Fsp3) is 0.231. The number of nitrogens with zero attached hydrogens (tertiary/aromatic N) is 3. The fourth-order valence-corrected chi connectivity index (χ4v) is 4.84. The van der Waals surface area contributed by atoms with E-state index in [2.05, 4.69) is 15.2 Å². The number of benzene rings is 2. The van der Waals surface area contributed by atoms with Crippen LogP contribution >= 0.6 is 11.8 Å². The summed E-state index contributed by atoms with van der Waals surface area (Å²) in [5.41, 5.74) is 4.09. The molecule has 0 saturated heterocycles. The van der Waals surface area contributed by atoms with Crippen LogP contribution in [0.4, 0.5) is 0 Å². The molecule has 8 nitrogen and oxygen atoms in total. The van der Waals surface area contributed by atoms with Crippen molar-refractivity contribution in [1.82, 2.24) is 19.7 Å². The first-order valence-corrected chi connectivity index (χ1v) is 11.9. The monoisotopic (exact) mass is 490 g/mol. The first-order valence-electron chi connectivity index (χ1n) is 10.9. The number of carbonyl (C=O) groups is 2. The average molecular weight is 491 g/mol. The minimum Gasteiger partial charge on any atom is -0.497 e. The number of ether oxygens (including phenoxy) is 2. The molecule has 0 unspecified atom stereocenters. The number of thioether (sulfide) groups is 1. The summed E-state index contributed by atoms with van der Waals surface area (Å²) in [6.45, 7) is 5.10. The van der Waals surface area contributed by atoms with Gasteiger partial charge in [-0.1, -0.05) is 11.8 Å². The Labute approximate surface area is 207 Å². The highest BCUT2D eigenvalue weighted by Crippen LogP contribution is 2.30. The van der Waals surface area contributed by atoms with Crippen LogP contribution in [0.3, 0.4) is 0 Å². The number of nitrogens with one attached hydrogen (secondary N) is 1. The van der Waals surface area contributed by atoms with E-state index in [0.717, 1.165) is 22.7 Å². The van der Waals surface area contributed by atoms with E-state index in [1.54, 1.807) is 28.1 Å². The zero-order valence-corrected chi connectivity index (χ0v) is 21.0. The SMILES string of the molecule is COc1ccc(-c2nnc(SCC(=O)c3[nH]c(C)c(C(C)=O)c3C)n2-c2ccc(OC)cc2)cc1. The van der Waals surface area contributed by atoms with Crippen molar-refractivity contribution in [3.63, 3.8) is 0 Å². The lowest BCUT2D eigenvalue weighted by atomic mass is 10.1. The van der Waals surface area contributed by atoms with Gasteiger partial charge in [0.05, 0.1) is 25.7 Å². The molecular formula is C26H26N4O4S. The average Bonchev–Trinajstić information content (AvgIpc) is 3.42. The molecule has 35 heavy (non-hydrogen) atoms. The van der Waals surface area contributed by atoms with Crippen LogP contribution in [-0.4, -0.2) is 51.3 Å². The second kappa shape index (κ2) is 10.2. The maximum Gasteiger partial charge on any atom is 0.196 e. The van der Waals surface area contributed by atoms with Crippen molar-refractivity contribution in [2.24, 2.45) is 0 Å². The molecule has 9 heteroatoms. The molecule has 1 N–H and O–H groups in total. The van der Waals surface area contributed by atoms with Crippen molar-refractivity contribution in [2.75, 3.05) is 20.0 Å². The van der Waals surface area contributed by atoms with E-state index in [4.69, 9.17) is 9.47 Å². The van der Waals surface area contributed by atoms with Gasteiger partial charge in [-0.2, -0.15) is 0 Å². The number of hydrogen-bond acceptors (Lipinski definition) is 7. The molecule has 0 saturated carbocycles. The lowest BCUT2D eigenvalue weighted by Crippen LogP contribution is -2.07. The molecule has 4 aromatic rings. The Morgan fingerprint density at radius 1 is 0.943 bits per heavy atom. The largest absolute Gasteiger partial charge is 0.497 e. The summed E-state index contributed by atoms with van der Waals surface area (Å²) in [6.07, 6.45) is 0. The van der Waals surface area contributed by atoms with Gasteiger partial charge >= 0.3 is 0 Å². The molecule has 0 atom stereocenters. The molecule has 0 bridgehead atoms. The van der Waals surface area contributed by atoms with Gasteiger partial charge in [-0.3, -0.25) is 14.2 Å². The Kier molecular flexibility index (Phi) is 7.07. The Bertz CT molecular complexity index is 1370. The summed E-state index contributed by atoms with van der Waals surface area (Å²) in [4.78, 5) is 28.1. The normalized spacial score (nSPS) is 10.9. The van der Waals surface area contributed by atoms with Gasteiger partial charge in [-0.05, 0) is 74.9 Å². The van der Waals surface area contributed by atoms with Gasteiger partial charge in [-0.15, -0.1) is 10.2 Å². The van der Waals surface area contributed by atoms with Crippen LogP contribution in [0, 0.1) is 13.8 Å². The molecule has 2 aromatic carbocycles. The van der Waals surface area contributed by atoms with Gasteiger partial charge in [0.2, 0.25) is 0 Å². The van der Waals surface area contributed by atoms with Crippen molar-refractivity contribution in [1.29, 1.82) is 0 Å². The Morgan fingerprint density at radius 3 is 2.09 bits per heavy atom. The highest BCUT2D eigenvalue weighted by atomic mass is 32.2. The van der Waals surface area contributed by atoms with Crippen LogP contribution in [0.25, 0.3) is 17.1 Å². The molecule has 0 fully saturated rings. The Balaban J connectivity index is 1.68. The van der Waals surface area contributed by atoms with Gasteiger partial charge in [-0.25, -0.2) is 0 Å². The van der Waals surface area contributed by atoms with Crippen LogP contribution in [0.2, 0.25) is 0 Å². The number of H-pyrrole nitrogens is 1. The Morgan fingerprint density at radius 2 is 1.54 bits per heavy atom. The molecule has 0 aliphatic heterocycles. The molecule has 2 heterocycles. The zero-order chi connectivity index (χ0) is 25.1. The minimum absolute atomic E-state index is 0.0636. The fourth-order valence-electron chi connectivity index (χ4n) is 4.01. The van der Waals surface area contributed by atoms with Crippen molar-refractivity contribution in [3.8, 4) is 28.6 Å². The summed E-state index contributed by atoms with van der Waals surface area (Å²) in [5.74, 6) is 2.07. The molecular weight excluding hydrogens is 464 g/mol. The summed E-state index contributed by atoms with van der Waals surface area (Å²) < 4.78 is 12.5. The summed E-state index contributed by atoms with van der Waals surface area (Å²) in [7, 11) is 3.23. The summed E-state index contributed by atoms with van der Waals surface area (Å²) in [6, 6.07) is 15.1. The first-order chi connectivity index (χ1) is 16.8. The minimum atomic E-state index is -0.113. The van der Waals surface area contributed by atoms with E-state index in [9.17, 15) is 9.59 Å². The lowest BCUT2D eigenvalue weighted by Gasteiger charge is -2.11. The van der Waals surface area contributed by atoms with Crippen molar-refractivity contribution in [2.45, 2.75) is 25.9 Å². The van der Waals surface area contributed by atoms with Crippen molar-refractivity contribution >= 4 is 23.3 Å². The zero-order valence-electron chi connectivity index (χ0n) is 20.2. The maximum absolute atomic E-state index is 13.1. The van der Waals surface area contributed by atoms with Crippen molar-refractivity contribution in [3.05, 3.63) is 71.0 Å². The van der Waals surface area contributed by atoms with E-state index >= 15 is 0 Å². The van der Waals surface area contributed by atoms with Gasteiger partial charge in [0, 0.05) is 22.5 Å². The second-order valence-electron chi connectivity index (χ2n) is 7.96. The van der Waals surface area contributed by atoms with Gasteiger partial charge < -0.3 is 14.5 Å². The topological polar surface area (TPSA) is 99.1 Å². The van der Waals surface area contributed by atoms with Crippen LogP contribution in [0.15, 0.2) is 53.7 Å². The maximum atomic E-state index is 13.1. The standard InChI is InChI=1S/C26H26N4O4S/c1-15-23(17(3)31)16(2)27-24(15)22(32)14-35-26-29-28-25(18-6-10-20(33-4)11-7-18)30(26)19-8-12-21(34-5)13-9-19/h6-13,27H,14H2,1-5H3. The quantitative estimate of drug-likeness (QED) is 0.258. The molecule has 180 valence electrons. The highest BCUT2D eigenvalue weighted by Gasteiger charge is 2.22. The smallest absolute Gasteiger partial charge is 0.196 e. The number of aromatic nitrogens is 4. The number of aromatic amines is 1. The predicted octanol–water partition coefficient (Wildman–Crippen LogP) is 5.07. The predicted molar refractivity (Wildman–Crippen MR) is 135 cm³/mol. The number of methoxy groups -OCH3 is 2. The van der Waals surface area contributed by atoms with E-state index in [-0.39, 0.29) is 17.3 Å². The molecule has 4 rings (SSSR count). The van der Waals surface area contributed by atoms with Gasteiger partial charge in [0.15, 0.2) is 22.5 Å². The van der Waals surface area contributed by atoms with E-state index < -0.39 is 0 Å². The number of ketones is 2. The summed E-state index contributed by atoms with van der Waals surface area (Å²) in [5, 5.41) is 9.39. The number of Topliss-reactive ketones (excluding diaryl/α,β-unsaturated/α-hetero) is 2. The second-order valence-corrected chi connectivity index (χ2v) is 8.90. The van der Waals surface area contributed by atoms with Gasteiger partial charge in [0.1, 0.15) is 11.5 Å². The molecule has 0 spiro atoms. The van der Waals surface area contributed by atoms with Crippen LogP contribution in [0.5, 0.6) is 11.5 Å². The lowest BCUT2D eigenvalue weighted by molar-refractivity contribution is 0.101. The van der Waals surface area contributed by atoms with E-state index in [0.29, 0.717) is 33.5 Å². The molecule has 2 aromatic heterocycles. The third-order valence-electron chi connectivity index (χ3n) is 5.71. The molecule has 0 aliphatic rings. The third kappa shape index (κ3) is 4.85. The van der Waals surface area contributed by atoms with Crippen LogP contribution < -0.4 is 9.47 Å². The molecule has 0 aliphatic carbocycles. The first kappa shape index (κ1) is 24.3. The van der Waals surface area contributed by atoms with Gasteiger partial charge in [0.25, 0.3) is 0 Å². The number of aryl methyl sites for hydroxylation is 1. The number of rotatable bonds is 9. The van der Waals surface area contributed by atoms with Crippen molar-refractivity contribution < 1.29 is 19.1 Å². The number of hydrogen-bond donors (Lipinski definition) is 1. The molecule has 0 amide bonds. The molecule has 0 radical (unpaired) electrons. The van der Waals surface area contributed by atoms with E-state index in [1.165, 1.54) is 18.7 Å². The third-order valence-corrected chi connectivity index (χ3v) is 6.64. The number of carbonyl (C=O) groups excluding carboxylic acids is 2. The van der Waals surface area contributed by atoms with Crippen LogP contribution in [-0.2, 0) is 0 Å². The van der Waals surface area contributed by atoms with Crippen LogP contribution in [0.1, 0.15) is 39.0 Å².